The number of hydrogen-bond acceptors (Lipinski definition) is 3. The predicted octanol–water partition coefficient (Wildman–Crippen LogP) is 3.13. The first-order valence-corrected chi connectivity index (χ1v) is 8.53. The summed E-state index contributed by atoms with van der Waals surface area (Å²) >= 11 is 0. The molecule has 0 atom stereocenters. The van der Waals surface area contributed by atoms with E-state index in [0.717, 1.165) is 18.2 Å². The molecule has 1 heterocycles. The minimum Gasteiger partial charge on any atom is -0.366 e. The number of piperazine rings is 1. The van der Waals surface area contributed by atoms with Crippen molar-refractivity contribution in [1.29, 1.82) is 0 Å². The average molecular weight is 395 g/mol. The van der Waals surface area contributed by atoms with Gasteiger partial charge in [0.25, 0.3) is 0 Å². The second kappa shape index (κ2) is 7.87. The molecule has 1 aliphatic heterocycles. The Balaban J connectivity index is 1.59. The number of rotatable bonds is 2. The highest BCUT2D eigenvalue weighted by atomic mass is 19.4. The molecule has 28 heavy (non-hydrogen) atoms. The average Bonchev–Trinajstić information content (AvgIpc) is 2.67. The predicted molar refractivity (Wildman–Crippen MR) is 95.3 cm³/mol. The summed E-state index contributed by atoms with van der Waals surface area (Å²) in [6.45, 7) is 1.07. The van der Waals surface area contributed by atoms with Crippen molar-refractivity contribution in [1.82, 2.24) is 4.90 Å². The fraction of sp³-hybridized carbons (Fsp3) is 0.263. The van der Waals surface area contributed by atoms with E-state index >= 15 is 0 Å². The molecular formula is C19H17F4N3O2. The van der Waals surface area contributed by atoms with Crippen LogP contribution in [0.25, 0.3) is 0 Å². The van der Waals surface area contributed by atoms with Gasteiger partial charge in [-0.05, 0) is 30.3 Å². The summed E-state index contributed by atoms with van der Waals surface area (Å²) < 4.78 is 52.1. The zero-order valence-electron chi connectivity index (χ0n) is 14.7. The molecule has 0 radical (unpaired) electrons. The van der Waals surface area contributed by atoms with E-state index in [2.05, 4.69) is 5.32 Å². The third kappa shape index (κ3) is 4.41. The minimum absolute atomic E-state index is 0.113. The van der Waals surface area contributed by atoms with Gasteiger partial charge in [0.2, 0.25) is 0 Å². The molecular weight excluding hydrogens is 378 g/mol. The topological polar surface area (TPSA) is 52.7 Å². The normalized spacial score (nSPS) is 14.7. The zero-order chi connectivity index (χ0) is 20.3. The number of nitrogens with zero attached hydrogens (tertiary/aromatic N) is 2. The number of nitrogens with one attached hydrogen (secondary N) is 1. The van der Waals surface area contributed by atoms with E-state index in [1.807, 2.05) is 0 Å². The van der Waals surface area contributed by atoms with Gasteiger partial charge < -0.3 is 15.1 Å². The SMILES string of the molecule is O=C(Nc1cccc(C(F)(F)F)c1)C(=O)N1CCN(c2ccccc2F)CC1. The van der Waals surface area contributed by atoms with Crippen LogP contribution in [0.4, 0.5) is 28.9 Å². The van der Waals surface area contributed by atoms with Crippen molar-refractivity contribution in [2.45, 2.75) is 6.18 Å². The highest BCUT2D eigenvalue weighted by Gasteiger charge is 2.31. The number of hydrogen-bond donors (Lipinski definition) is 1. The van der Waals surface area contributed by atoms with Gasteiger partial charge in [-0.1, -0.05) is 18.2 Å². The molecule has 0 aliphatic carbocycles. The van der Waals surface area contributed by atoms with Gasteiger partial charge in [0, 0.05) is 31.9 Å². The van der Waals surface area contributed by atoms with Crippen LogP contribution in [0.5, 0.6) is 0 Å². The maximum atomic E-state index is 13.9. The Morgan fingerprint density at radius 3 is 2.25 bits per heavy atom. The first-order chi connectivity index (χ1) is 13.3. The Labute approximate surface area is 158 Å². The summed E-state index contributed by atoms with van der Waals surface area (Å²) in [5.74, 6) is -2.23. The number of anilines is 2. The van der Waals surface area contributed by atoms with E-state index in [0.29, 0.717) is 18.8 Å². The van der Waals surface area contributed by atoms with E-state index in [-0.39, 0.29) is 24.6 Å². The molecule has 0 saturated carbocycles. The van der Waals surface area contributed by atoms with Crippen LogP contribution in [-0.4, -0.2) is 42.9 Å². The second-order valence-electron chi connectivity index (χ2n) is 6.26. The first kappa shape index (κ1) is 19.7. The van der Waals surface area contributed by atoms with E-state index in [9.17, 15) is 27.2 Å². The lowest BCUT2D eigenvalue weighted by atomic mass is 10.2. The molecule has 0 bridgehead atoms. The maximum absolute atomic E-state index is 13.9. The van der Waals surface area contributed by atoms with Gasteiger partial charge in [0.05, 0.1) is 11.3 Å². The summed E-state index contributed by atoms with van der Waals surface area (Å²) in [6.07, 6.45) is -4.55. The molecule has 148 valence electrons. The van der Waals surface area contributed by atoms with Gasteiger partial charge in [-0.3, -0.25) is 9.59 Å². The van der Waals surface area contributed by atoms with Gasteiger partial charge >= 0.3 is 18.0 Å². The maximum Gasteiger partial charge on any atom is 0.416 e. The van der Waals surface area contributed by atoms with E-state index < -0.39 is 23.6 Å². The highest BCUT2D eigenvalue weighted by Crippen LogP contribution is 2.30. The van der Waals surface area contributed by atoms with Crippen molar-refractivity contribution in [2.24, 2.45) is 0 Å². The lowest BCUT2D eigenvalue weighted by molar-refractivity contribution is -0.143. The minimum atomic E-state index is -4.55. The van der Waals surface area contributed by atoms with Crippen LogP contribution in [0.15, 0.2) is 48.5 Å². The van der Waals surface area contributed by atoms with Crippen molar-refractivity contribution < 1.29 is 27.2 Å². The first-order valence-electron chi connectivity index (χ1n) is 8.53. The van der Waals surface area contributed by atoms with Crippen molar-refractivity contribution in [3.8, 4) is 0 Å². The van der Waals surface area contributed by atoms with E-state index in [1.165, 1.54) is 17.0 Å². The fourth-order valence-corrected chi connectivity index (χ4v) is 2.96. The molecule has 0 unspecified atom stereocenters. The van der Waals surface area contributed by atoms with Crippen LogP contribution < -0.4 is 10.2 Å². The molecule has 1 saturated heterocycles. The Hall–Kier alpha value is -3.10. The van der Waals surface area contributed by atoms with Crippen LogP contribution in [0.1, 0.15) is 5.56 Å². The third-order valence-corrected chi connectivity index (χ3v) is 4.40. The summed E-state index contributed by atoms with van der Waals surface area (Å²) in [5, 5.41) is 2.20. The summed E-state index contributed by atoms with van der Waals surface area (Å²) in [6, 6.07) is 10.3. The van der Waals surface area contributed by atoms with Gasteiger partial charge in [-0.15, -0.1) is 0 Å². The Morgan fingerprint density at radius 1 is 0.929 bits per heavy atom. The second-order valence-corrected chi connectivity index (χ2v) is 6.26. The third-order valence-electron chi connectivity index (χ3n) is 4.40. The molecule has 2 amide bonds. The summed E-state index contributed by atoms with van der Waals surface area (Å²) in [4.78, 5) is 27.5. The largest absolute Gasteiger partial charge is 0.416 e. The lowest BCUT2D eigenvalue weighted by Crippen LogP contribution is -2.51. The number of halogens is 4. The number of benzene rings is 2. The molecule has 9 heteroatoms. The quantitative estimate of drug-likeness (QED) is 0.628. The standard InChI is InChI=1S/C19H17F4N3O2/c20-15-6-1-2-7-16(15)25-8-10-26(11-9-25)18(28)17(27)24-14-5-3-4-13(12-14)19(21,22)23/h1-7,12H,8-11H2,(H,24,27). The molecule has 2 aromatic rings. The van der Waals surface area contributed by atoms with Crippen LogP contribution in [0, 0.1) is 5.82 Å². The number of amides is 2. The molecule has 0 aromatic heterocycles. The molecule has 1 aliphatic rings. The van der Waals surface area contributed by atoms with Crippen molar-refractivity contribution >= 4 is 23.2 Å². The van der Waals surface area contributed by atoms with Gasteiger partial charge in [0.1, 0.15) is 5.82 Å². The van der Waals surface area contributed by atoms with Crippen LogP contribution in [0.2, 0.25) is 0 Å². The van der Waals surface area contributed by atoms with Gasteiger partial charge in [-0.25, -0.2) is 4.39 Å². The van der Waals surface area contributed by atoms with Crippen LogP contribution in [-0.2, 0) is 15.8 Å². The van der Waals surface area contributed by atoms with Crippen molar-refractivity contribution in [3.05, 3.63) is 59.9 Å². The Kier molecular flexibility index (Phi) is 5.53. The number of carbonyl (C=O) groups excluding carboxylic acids is 2. The Bertz CT molecular complexity index is 877. The summed E-state index contributed by atoms with van der Waals surface area (Å²) in [7, 11) is 0. The highest BCUT2D eigenvalue weighted by molar-refractivity contribution is 6.39. The molecule has 5 nitrogen and oxygen atoms in total. The summed E-state index contributed by atoms with van der Waals surface area (Å²) in [5.41, 5.74) is -0.613. The Morgan fingerprint density at radius 2 is 1.61 bits per heavy atom. The van der Waals surface area contributed by atoms with Gasteiger partial charge in [-0.2, -0.15) is 13.2 Å². The van der Waals surface area contributed by atoms with Crippen LogP contribution in [0.3, 0.4) is 0 Å². The fourth-order valence-electron chi connectivity index (χ4n) is 2.96. The van der Waals surface area contributed by atoms with Crippen LogP contribution >= 0.6 is 0 Å². The monoisotopic (exact) mass is 395 g/mol. The molecule has 1 fully saturated rings. The molecule has 1 N–H and O–H groups in total. The van der Waals surface area contributed by atoms with Gasteiger partial charge in [0.15, 0.2) is 0 Å². The number of para-hydroxylation sites is 1. The lowest BCUT2D eigenvalue weighted by Gasteiger charge is -2.35. The number of carbonyl (C=O) groups is 2. The molecule has 0 spiro atoms. The zero-order valence-corrected chi connectivity index (χ0v) is 14.7. The van der Waals surface area contributed by atoms with Crippen molar-refractivity contribution in [2.75, 3.05) is 36.4 Å². The molecule has 2 aromatic carbocycles. The number of alkyl halides is 3. The van der Waals surface area contributed by atoms with E-state index in [4.69, 9.17) is 0 Å². The van der Waals surface area contributed by atoms with Crippen molar-refractivity contribution in [3.63, 3.8) is 0 Å². The molecule has 3 rings (SSSR count). The smallest absolute Gasteiger partial charge is 0.366 e. The van der Waals surface area contributed by atoms with E-state index in [1.54, 1.807) is 23.1 Å².